The van der Waals surface area contributed by atoms with Gasteiger partial charge in [0.15, 0.2) is 5.50 Å². The first-order valence-corrected chi connectivity index (χ1v) is 7.94. The summed E-state index contributed by atoms with van der Waals surface area (Å²) in [5.41, 5.74) is 1.55. The molecule has 122 valence electrons. The highest BCUT2D eigenvalue weighted by Crippen LogP contribution is 2.45. The van der Waals surface area contributed by atoms with Crippen molar-refractivity contribution in [2.24, 2.45) is 10.5 Å². The highest BCUT2D eigenvalue weighted by Gasteiger charge is 2.41. The number of nitrogens with zero attached hydrogens (tertiary/aromatic N) is 3. The summed E-state index contributed by atoms with van der Waals surface area (Å²) in [5.74, 6) is -0.406. The molecule has 0 fully saturated rings. The van der Waals surface area contributed by atoms with E-state index in [9.17, 15) is 4.79 Å². The third-order valence-electron chi connectivity index (χ3n) is 3.26. The van der Waals surface area contributed by atoms with Gasteiger partial charge in [0, 0.05) is 11.4 Å². The van der Waals surface area contributed by atoms with Crippen molar-refractivity contribution >= 4 is 24.1 Å². The van der Waals surface area contributed by atoms with E-state index in [-0.39, 0.29) is 10.9 Å². The summed E-state index contributed by atoms with van der Waals surface area (Å²) in [4.78, 5) is 15.0. The first-order chi connectivity index (χ1) is 10.3. The number of esters is 1. The number of thioether (sulfide) groups is 1. The Kier molecular flexibility index (Phi) is 4.75. The molecule has 0 aromatic carbocycles. The van der Waals surface area contributed by atoms with E-state index >= 15 is 0 Å². The van der Waals surface area contributed by atoms with Gasteiger partial charge in [0.1, 0.15) is 11.9 Å². The molecule has 2 aliphatic heterocycles. The van der Waals surface area contributed by atoms with Crippen LogP contribution in [0.25, 0.3) is 0 Å². The maximum absolute atomic E-state index is 12.0. The maximum Gasteiger partial charge on any atom is 0.342 e. The minimum Gasteiger partial charge on any atom is -0.503 e. The molecule has 0 aromatic rings. The van der Waals surface area contributed by atoms with E-state index in [2.05, 4.69) is 30.8 Å². The van der Waals surface area contributed by atoms with Crippen molar-refractivity contribution in [3.63, 3.8) is 0 Å². The number of fused-ring (bicyclic) bond motifs is 1. The normalized spacial score (nSPS) is 21.5. The van der Waals surface area contributed by atoms with Crippen LogP contribution in [0.15, 0.2) is 27.5 Å². The van der Waals surface area contributed by atoms with Gasteiger partial charge in [-0.05, 0) is 12.3 Å². The highest BCUT2D eigenvalue weighted by molar-refractivity contribution is 8.04. The van der Waals surface area contributed by atoms with Crippen molar-refractivity contribution < 1.29 is 14.3 Å². The zero-order valence-electron chi connectivity index (χ0n) is 13.9. The number of allylic oxidation sites excluding steroid dienone is 1. The number of rotatable bonds is 4. The molecule has 0 spiro atoms. The second kappa shape index (κ2) is 6.24. The minimum absolute atomic E-state index is 0.0409. The molecular formula is C15H23N3O3S. The largest absolute Gasteiger partial charge is 0.503 e. The van der Waals surface area contributed by atoms with Crippen LogP contribution in [-0.4, -0.2) is 48.5 Å². The summed E-state index contributed by atoms with van der Waals surface area (Å²) in [6.07, 6.45) is 3.29. The van der Waals surface area contributed by atoms with Crippen LogP contribution in [-0.2, 0) is 14.3 Å². The van der Waals surface area contributed by atoms with Gasteiger partial charge in [-0.25, -0.2) is 9.80 Å². The first-order valence-electron chi connectivity index (χ1n) is 7.07. The first kappa shape index (κ1) is 16.7. The van der Waals surface area contributed by atoms with Crippen LogP contribution in [0.4, 0.5) is 0 Å². The number of hydrogen-bond acceptors (Lipinski definition) is 7. The summed E-state index contributed by atoms with van der Waals surface area (Å²) in [6, 6.07) is 0. The minimum atomic E-state index is -0.406. The number of ether oxygens (including phenoxy) is 2. The van der Waals surface area contributed by atoms with E-state index in [1.807, 2.05) is 18.3 Å². The number of carbonyl (C=O) groups is 1. The fourth-order valence-corrected chi connectivity index (χ4v) is 3.70. The molecule has 0 amide bonds. The Morgan fingerprint density at radius 3 is 2.68 bits per heavy atom. The average Bonchev–Trinajstić information content (AvgIpc) is 2.96. The van der Waals surface area contributed by atoms with E-state index in [0.717, 1.165) is 17.1 Å². The molecule has 1 unspecified atom stereocenters. The SMILES string of the molecule is COC=C(C(=O)OC)C1=C(C)N2N=CN(CC(C)(C)C)C2S1. The van der Waals surface area contributed by atoms with Crippen LogP contribution in [0, 0.1) is 5.41 Å². The molecule has 2 aliphatic rings. The number of carbonyl (C=O) groups excluding carboxylic acids is 1. The molecule has 2 rings (SSSR count). The van der Waals surface area contributed by atoms with Gasteiger partial charge in [0.05, 0.1) is 26.2 Å². The Hall–Kier alpha value is -1.63. The third kappa shape index (κ3) is 3.24. The van der Waals surface area contributed by atoms with Gasteiger partial charge in [0.2, 0.25) is 0 Å². The van der Waals surface area contributed by atoms with Crippen molar-refractivity contribution in [3.05, 3.63) is 22.4 Å². The van der Waals surface area contributed by atoms with Crippen LogP contribution in [0.1, 0.15) is 27.7 Å². The topological polar surface area (TPSA) is 54.4 Å². The van der Waals surface area contributed by atoms with Gasteiger partial charge in [-0.15, -0.1) is 0 Å². The fourth-order valence-electron chi connectivity index (χ4n) is 2.39. The number of methoxy groups -OCH3 is 2. The molecule has 0 bridgehead atoms. The molecule has 1 atom stereocenters. The lowest BCUT2D eigenvalue weighted by Crippen LogP contribution is -2.38. The standard InChI is InChI=1S/C15H23N3O3S/c1-10-12(11(7-20-5)13(19)21-6)22-14-17(8-15(2,3)4)9-16-18(10)14/h7,9,14H,8H2,1-6H3. The second-order valence-electron chi connectivity index (χ2n) is 6.43. The molecule has 0 aromatic heterocycles. The second-order valence-corrected chi connectivity index (χ2v) is 7.49. The predicted octanol–water partition coefficient (Wildman–Crippen LogP) is 2.56. The van der Waals surface area contributed by atoms with Crippen molar-refractivity contribution in [1.82, 2.24) is 9.91 Å². The van der Waals surface area contributed by atoms with E-state index in [0.29, 0.717) is 5.57 Å². The molecule has 0 radical (unpaired) electrons. The Balaban J connectivity index is 2.24. The van der Waals surface area contributed by atoms with Gasteiger partial charge < -0.3 is 14.4 Å². The van der Waals surface area contributed by atoms with Crippen molar-refractivity contribution in [2.45, 2.75) is 33.2 Å². The van der Waals surface area contributed by atoms with Crippen LogP contribution in [0.2, 0.25) is 0 Å². The molecule has 22 heavy (non-hydrogen) atoms. The fraction of sp³-hybridized carbons (Fsp3) is 0.600. The predicted molar refractivity (Wildman–Crippen MR) is 87.7 cm³/mol. The van der Waals surface area contributed by atoms with E-state index < -0.39 is 5.97 Å². The van der Waals surface area contributed by atoms with Crippen LogP contribution >= 0.6 is 11.8 Å². The van der Waals surface area contributed by atoms with Gasteiger partial charge in [-0.3, -0.25) is 0 Å². The lowest BCUT2D eigenvalue weighted by atomic mass is 9.96. The summed E-state index contributed by atoms with van der Waals surface area (Å²) < 4.78 is 9.89. The summed E-state index contributed by atoms with van der Waals surface area (Å²) in [7, 11) is 2.89. The zero-order valence-corrected chi connectivity index (χ0v) is 14.7. The lowest BCUT2D eigenvalue weighted by molar-refractivity contribution is -0.135. The highest BCUT2D eigenvalue weighted by atomic mass is 32.2. The van der Waals surface area contributed by atoms with E-state index in [1.165, 1.54) is 20.5 Å². The molecular weight excluding hydrogens is 302 g/mol. The molecule has 7 heteroatoms. The smallest absolute Gasteiger partial charge is 0.342 e. The number of hydrogen-bond donors (Lipinski definition) is 0. The van der Waals surface area contributed by atoms with Crippen molar-refractivity contribution in [3.8, 4) is 0 Å². The zero-order chi connectivity index (χ0) is 16.5. The molecule has 2 heterocycles. The monoisotopic (exact) mass is 325 g/mol. The molecule has 0 aliphatic carbocycles. The van der Waals surface area contributed by atoms with Crippen molar-refractivity contribution in [2.75, 3.05) is 20.8 Å². The Morgan fingerprint density at radius 2 is 2.14 bits per heavy atom. The van der Waals surface area contributed by atoms with Gasteiger partial charge in [-0.1, -0.05) is 32.5 Å². The van der Waals surface area contributed by atoms with Crippen molar-refractivity contribution in [1.29, 1.82) is 0 Å². The Bertz CT molecular complexity index is 549. The molecule has 0 N–H and O–H groups in total. The molecule has 0 saturated heterocycles. The Morgan fingerprint density at radius 1 is 1.45 bits per heavy atom. The van der Waals surface area contributed by atoms with E-state index in [4.69, 9.17) is 9.47 Å². The van der Waals surface area contributed by atoms with Gasteiger partial charge >= 0.3 is 5.97 Å². The van der Waals surface area contributed by atoms with Gasteiger partial charge in [-0.2, -0.15) is 5.10 Å². The maximum atomic E-state index is 12.0. The third-order valence-corrected chi connectivity index (χ3v) is 4.69. The van der Waals surface area contributed by atoms with Gasteiger partial charge in [0.25, 0.3) is 0 Å². The molecule has 0 saturated carbocycles. The summed E-state index contributed by atoms with van der Waals surface area (Å²) in [6.45, 7) is 9.40. The lowest BCUT2D eigenvalue weighted by Gasteiger charge is -2.30. The van der Waals surface area contributed by atoms with E-state index in [1.54, 1.807) is 11.8 Å². The summed E-state index contributed by atoms with van der Waals surface area (Å²) in [5, 5.41) is 6.39. The number of hydrazone groups is 1. The van der Waals surface area contributed by atoms with Crippen LogP contribution in [0.5, 0.6) is 0 Å². The van der Waals surface area contributed by atoms with Crippen LogP contribution in [0.3, 0.4) is 0 Å². The Labute approximate surface area is 135 Å². The van der Waals surface area contributed by atoms with Crippen LogP contribution < -0.4 is 0 Å². The summed E-state index contributed by atoms with van der Waals surface area (Å²) >= 11 is 1.59. The quantitative estimate of drug-likeness (QED) is 0.450. The molecule has 6 nitrogen and oxygen atoms in total. The average molecular weight is 325 g/mol.